The van der Waals surface area contributed by atoms with E-state index in [1.165, 1.54) is 11.6 Å². The molecule has 4 heteroatoms. The summed E-state index contributed by atoms with van der Waals surface area (Å²) in [6.07, 6.45) is 4.81. The number of hydrogen-bond donors (Lipinski definition) is 1. The number of benzene rings is 1. The van der Waals surface area contributed by atoms with Crippen molar-refractivity contribution in [1.82, 2.24) is 15.1 Å². The van der Waals surface area contributed by atoms with Crippen molar-refractivity contribution >= 4 is 0 Å². The van der Waals surface area contributed by atoms with E-state index < -0.39 is 0 Å². The predicted molar refractivity (Wildman–Crippen MR) is 69.8 cm³/mol. The minimum absolute atomic E-state index is 0.176. The smallest absolute Gasteiger partial charge is 0.123 e. The fourth-order valence-electron chi connectivity index (χ4n) is 1.89. The molecule has 0 aliphatic heterocycles. The van der Waals surface area contributed by atoms with E-state index in [4.69, 9.17) is 0 Å². The Bertz CT molecular complexity index is 520. The summed E-state index contributed by atoms with van der Waals surface area (Å²) in [4.78, 5) is 0. The van der Waals surface area contributed by atoms with Crippen molar-refractivity contribution in [3.8, 4) is 0 Å². The summed E-state index contributed by atoms with van der Waals surface area (Å²) in [5.74, 6) is -0.176. The third kappa shape index (κ3) is 3.40. The van der Waals surface area contributed by atoms with Crippen LogP contribution < -0.4 is 5.32 Å². The van der Waals surface area contributed by atoms with Gasteiger partial charge in [-0.1, -0.05) is 6.07 Å². The minimum atomic E-state index is -0.176. The van der Waals surface area contributed by atoms with Crippen molar-refractivity contribution in [1.29, 1.82) is 0 Å². The van der Waals surface area contributed by atoms with Gasteiger partial charge >= 0.3 is 0 Å². The standard InChI is InChI=1S/C14H18FN3/c1-11-3-4-14(15)7-13(11)9-16-6-5-12-8-17-18(2)10-12/h3-4,7-8,10,16H,5-6,9H2,1-2H3. The molecule has 2 aromatic rings. The summed E-state index contributed by atoms with van der Waals surface area (Å²) in [7, 11) is 1.91. The summed E-state index contributed by atoms with van der Waals surface area (Å²) in [5.41, 5.74) is 3.34. The Morgan fingerprint density at radius 2 is 2.22 bits per heavy atom. The number of aryl methyl sites for hydroxylation is 2. The third-order valence-electron chi connectivity index (χ3n) is 2.98. The lowest BCUT2D eigenvalue weighted by atomic mass is 10.1. The Labute approximate surface area is 107 Å². The summed E-state index contributed by atoms with van der Waals surface area (Å²) in [6, 6.07) is 4.90. The first-order valence-corrected chi connectivity index (χ1v) is 6.08. The van der Waals surface area contributed by atoms with Crippen molar-refractivity contribution in [2.45, 2.75) is 19.9 Å². The number of nitrogens with one attached hydrogen (secondary N) is 1. The molecule has 0 saturated carbocycles. The van der Waals surface area contributed by atoms with Gasteiger partial charge in [-0.15, -0.1) is 0 Å². The molecule has 0 aliphatic carbocycles. The minimum Gasteiger partial charge on any atom is -0.312 e. The molecular formula is C14H18FN3. The number of aromatic nitrogens is 2. The van der Waals surface area contributed by atoms with Crippen molar-refractivity contribution < 1.29 is 4.39 Å². The highest BCUT2D eigenvalue weighted by Crippen LogP contribution is 2.09. The first kappa shape index (κ1) is 12.8. The molecule has 0 radical (unpaired) electrons. The lowest BCUT2D eigenvalue weighted by Crippen LogP contribution is -2.17. The van der Waals surface area contributed by atoms with E-state index in [9.17, 15) is 4.39 Å². The van der Waals surface area contributed by atoms with Gasteiger partial charge in [0.2, 0.25) is 0 Å². The van der Waals surface area contributed by atoms with Gasteiger partial charge in [-0.3, -0.25) is 4.68 Å². The summed E-state index contributed by atoms with van der Waals surface area (Å²) in [5, 5.41) is 7.44. The van der Waals surface area contributed by atoms with Crippen LogP contribution in [0.15, 0.2) is 30.6 Å². The van der Waals surface area contributed by atoms with Crippen LogP contribution in [0.25, 0.3) is 0 Å². The van der Waals surface area contributed by atoms with Gasteiger partial charge in [0.1, 0.15) is 5.82 Å². The van der Waals surface area contributed by atoms with E-state index in [-0.39, 0.29) is 5.82 Å². The van der Waals surface area contributed by atoms with Gasteiger partial charge in [0.05, 0.1) is 6.20 Å². The zero-order chi connectivity index (χ0) is 13.0. The average molecular weight is 247 g/mol. The molecule has 0 unspecified atom stereocenters. The average Bonchev–Trinajstić information content (AvgIpc) is 2.75. The van der Waals surface area contributed by atoms with Crippen molar-refractivity contribution in [3.05, 3.63) is 53.1 Å². The van der Waals surface area contributed by atoms with Crippen LogP contribution in [-0.4, -0.2) is 16.3 Å². The highest BCUT2D eigenvalue weighted by molar-refractivity contribution is 5.26. The second kappa shape index (κ2) is 5.78. The maximum absolute atomic E-state index is 13.1. The lowest BCUT2D eigenvalue weighted by molar-refractivity contribution is 0.619. The number of halogens is 1. The summed E-state index contributed by atoms with van der Waals surface area (Å²) < 4.78 is 14.9. The zero-order valence-corrected chi connectivity index (χ0v) is 10.8. The molecule has 96 valence electrons. The van der Waals surface area contributed by atoms with Gasteiger partial charge in [-0.2, -0.15) is 5.10 Å². The first-order valence-electron chi connectivity index (χ1n) is 6.08. The fourth-order valence-corrected chi connectivity index (χ4v) is 1.89. The van der Waals surface area contributed by atoms with E-state index in [0.29, 0.717) is 6.54 Å². The predicted octanol–water partition coefficient (Wildman–Crippen LogP) is 2.20. The third-order valence-corrected chi connectivity index (χ3v) is 2.98. The number of nitrogens with zero attached hydrogens (tertiary/aromatic N) is 2. The second-order valence-corrected chi connectivity index (χ2v) is 4.52. The summed E-state index contributed by atoms with van der Waals surface area (Å²) >= 11 is 0. The fraction of sp³-hybridized carbons (Fsp3) is 0.357. The van der Waals surface area contributed by atoms with Crippen LogP contribution >= 0.6 is 0 Å². The van der Waals surface area contributed by atoms with Gasteiger partial charge in [-0.25, -0.2) is 4.39 Å². The molecule has 2 rings (SSSR count). The quantitative estimate of drug-likeness (QED) is 0.821. The molecule has 0 amide bonds. The van der Waals surface area contributed by atoms with Crippen molar-refractivity contribution in [3.63, 3.8) is 0 Å². The Balaban J connectivity index is 1.80. The maximum Gasteiger partial charge on any atom is 0.123 e. The molecule has 1 N–H and O–H groups in total. The Kier molecular flexibility index (Phi) is 4.10. The van der Waals surface area contributed by atoms with Gasteiger partial charge in [0.15, 0.2) is 0 Å². The molecule has 1 heterocycles. The largest absolute Gasteiger partial charge is 0.312 e. The molecule has 0 bridgehead atoms. The van der Waals surface area contributed by atoms with E-state index in [2.05, 4.69) is 10.4 Å². The molecule has 1 aromatic heterocycles. The van der Waals surface area contributed by atoms with Gasteiger partial charge < -0.3 is 5.32 Å². The van der Waals surface area contributed by atoms with Crippen LogP contribution in [0, 0.1) is 12.7 Å². The molecule has 0 saturated heterocycles. The van der Waals surface area contributed by atoms with E-state index in [0.717, 1.165) is 24.1 Å². The Morgan fingerprint density at radius 3 is 2.94 bits per heavy atom. The molecule has 0 fully saturated rings. The van der Waals surface area contributed by atoms with Crippen LogP contribution in [0.5, 0.6) is 0 Å². The Morgan fingerprint density at radius 1 is 1.39 bits per heavy atom. The molecule has 0 spiro atoms. The normalized spacial score (nSPS) is 10.8. The van der Waals surface area contributed by atoms with Crippen LogP contribution in [0.3, 0.4) is 0 Å². The molecule has 3 nitrogen and oxygen atoms in total. The number of hydrogen-bond acceptors (Lipinski definition) is 2. The monoisotopic (exact) mass is 247 g/mol. The number of rotatable bonds is 5. The van der Waals surface area contributed by atoms with Crippen LogP contribution in [0.2, 0.25) is 0 Å². The van der Waals surface area contributed by atoms with Gasteiger partial charge in [0.25, 0.3) is 0 Å². The van der Waals surface area contributed by atoms with Crippen LogP contribution in [0.1, 0.15) is 16.7 Å². The van der Waals surface area contributed by atoms with Crippen molar-refractivity contribution in [2.75, 3.05) is 6.54 Å². The maximum atomic E-state index is 13.1. The van der Waals surface area contributed by atoms with Crippen molar-refractivity contribution in [2.24, 2.45) is 7.05 Å². The molecule has 0 atom stereocenters. The van der Waals surface area contributed by atoms with Crippen LogP contribution in [0.4, 0.5) is 4.39 Å². The highest BCUT2D eigenvalue weighted by Gasteiger charge is 2.00. The van der Waals surface area contributed by atoms with E-state index in [1.54, 1.807) is 10.7 Å². The topological polar surface area (TPSA) is 29.9 Å². The molecule has 1 aromatic carbocycles. The Hall–Kier alpha value is -1.68. The SMILES string of the molecule is Cc1ccc(F)cc1CNCCc1cnn(C)c1. The molecule has 18 heavy (non-hydrogen) atoms. The highest BCUT2D eigenvalue weighted by atomic mass is 19.1. The zero-order valence-electron chi connectivity index (χ0n) is 10.8. The molecular weight excluding hydrogens is 229 g/mol. The molecule has 0 aliphatic rings. The second-order valence-electron chi connectivity index (χ2n) is 4.52. The van der Waals surface area contributed by atoms with Gasteiger partial charge in [-0.05, 0) is 48.7 Å². The van der Waals surface area contributed by atoms with Gasteiger partial charge in [0, 0.05) is 19.8 Å². The van der Waals surface area contributed by atoms with Crippen LogP contribution in [-0.2, 0) is 20.0 Å². The van der Waals surface area contributed by atoms with E-state index >= 15 is 0 Å². The van der Waals surface area contributed by atoms with E-state index in [1.807, 2.05) is 32.4 Å². The summed E-state index contributed by atoms with van der Waals surface area (Å²) in [6.45, 7) is 3.56. The first-order chi connectivity index (χ1) is 8.65. The lowest BCUT2D eigenvalue weighted by Gasteiger charge is -2.07.